The number of ether oxygens (including phenoxy) is 4. The maximum atomic E-state index is 13.7. The SMILES string of the molecule is O=C([O-])c1ccccc1-c1c2ccc(=[N+]3CCOCC3)cc-2oc2cc3c(cc12)[C@@]1(OC(=O)c2ccccc21)c1ccc(N2CCOCC2)cc1O3. The Kier molecular flexibility index (Phi) is 6.99. The van der Waals surface area contributed by atoms with Crippen LogP contribution < -0.4 is 24.7 Å². The van der Waals surface area contributed by atoms with Crippen LogP contribution in [0.1, 0.15) is 37.4 Å². The number of hydrogen-bond acceptors (Lipinski definition) is 9. The van der Waals surface area contributed by atoms with Crippen molar-refractivity contribution < 1.29 is 38.1 Å². The molecule has 4 aromatic carbocycles. The number of esters is 1. The molecule has 52 heavy (non-hydrogen) atoms. The van der Waals surface area contributed by atoms with E-state index in [1.54, 1.807) is 24.3 Å². The van der Waals surface area contributed by atoms with Gasteiger partial charge in [-0.25, -0.2) is 9.37 Å². The van der Waals surface area contributed by atoms with Crippen molar-refractivity contribution in [2.75, 3.05) is 57.5 Å². The summed E-state index contributed by atoms with van der Waals surface area (Å²) in [5, 5.41) is 14.2. The van der Waals surface area contributed by atoms with Crippen molar-refractivity contribution in [1.82, 2.24) is 4.58 Å². The number of nitrogens with zero attached hydrogens (tertiary/aromatic N) is 2. The summed E-state index contributed by atoms with van der Waals surface area (Å²) >= 11 is 0. The lowest BCUT2D eigenvalue weighted by Gasteiger charge is -2.38. The normalized spacial score (nSPS) is 19.3. The molecule has 5 heterocycles. The predicted octanol–water partition coefficient (Wildman–Crippen LogP) is 4.78. The lowest BCUT2D eigenvalue weighted by atomic mass is 9.76. The van der Waals surface area contributed by atoms with Crippen molar-refractivity contribution in [1.29, 1.82) is 0 Å². The van der Waals surface area contributed by atoms with Crippen LogP contribution in [-0.2, 0) is 19.8 Å². The van der Waals surface area contributed by atoms with Crippen LogP contribution in [0.5, 0.6) is 11.5 Å². The molecule has 0 bridgehead atoms. The maximum absolute atomic E-state index is 13.7. The number of benzene rings is 5. The van der Waals surface area contributed by atoms with Crippen molar-refractivity contribution >= 4 is 28.6 Å². The van der Waals surface area contributed by atoms with E-state index in [4.69, 9.17) is 23.4 Å². The number of fused-ring (bicyclic) bond motifs is 8. The summed E-state index contributed by atoms with van der Waals surface area (Å²) in [6, 6.07) is 30.0. The van der Waals surface area contributed by atoms with Crippen LogP contribution in [0, 0.1) is 0 Å². The van der Waals surface area contributed by atoms with Gasteiger partial charge in [0, 0.05) is 75.7 Å². The predicted molar refractivity (Wildman–Crippen MR) is 190 cm³/mol. The van der Waals surface area contributed by atoms with Crippen LogP contribution in [0.15, 0.2) is 101 Å². The highest BCUT2D eigenvalue weighted by Crippen LogP contribution is 2.58. The average molecular weight is 693 g/mol. The molecule has 10 heteroatoms. The Morgan fingerprint density at radius 3 is 2.31 bits per heavy atom. The first-order valence-electron chi connectivity index (χ1n) is 17.5. The van der Waals surface area contributed by atoms with Gasteiger partial charge in [-0.3, -0.25) is 0 Å². The zero-order valence-electron chi connectivity index (χ0n) is 28.1. The fraction of sp³-hybridized carbons (Fsp3) is 0.214. The first kappa shape index (κ1) is 30.8. The number of carbonyl (C=O) groups excluding carboxylic acids is 2. The van der Waals surface area contributed by atoms with Crippen LogP contribution in [0.4, 0.5) is 5.69 Å². The summed E-state index contributed by atoms with van der Waals surface area (Å²) in [4.78, 5) is 28.5. The van der Waals surface area contributed by atoms with Crippen molar-refractivity contribution in [3.63, 3.8) is 0 Å². The number of aromatic carboxylic acids is 1. The monoisotopic (exact) mass is 692 g/mol. The standard InChI is InChI=1S/C42H32N2O8/c45-40(46)28-6-2-1-5-27(28)39-30-11-9-25(43-13-17-48-18-14-43)21-35(30)50-36-24-38-34(23-31(36)39)42(32-8-4-3-7-29(32)41(47)52-42)33-12-10-26(22-37(33)51-38)44-15-19-49-20-16-44/h1-12,21-24H,13-20H2/t42-/m0/s1. The molecule has 5 aliphatic heterocycles. The third-order valence-electron chi connectivity index (χ3n) is 10.7. The largest absolute Gasteiger partial charge is 0.545 e. The Labute approximate surface area is 298 Å². The van der Waals surface area contributed by atoms with E-state index in [1.165, 1.54) is 0 Å². The van der Waals surface area contributed by atoms with Gasteiger partial charge in [-0.1, -0.05) is 42.5 Å². The molecule has 6 aliphatic rings. The van der Waals surface area contributed by atoms with Crippen LogP contribution in [0.2, 0.25) is 0 Å². The van der Waals surface area contributed by atoms with Crippen molar-refractivity contribution in [2.45, 2.75) is 5.60 Å². The van der Waals surface area contributed by atoms with Gasteiger partial charge in [0.2, 0.25) is 5.36 Å². The molecule has 0 saturated carbocycles. The van der Waals surface area contributed by atoms with E-state index in [0.717, 1.165) is 42.8 Å². The van der Waals surface area contributed by atoms with Gasteiger partial charge < -0.3 is 38.2 Å². The topological polar surface area (TPSA) is 114 Å². The highest BCUT2D eigenvalue weighted by atomic mass is 16.6. The molecule has 1 aliphatic carbocycles. The van der Waals surface area contributed by atoms with E-state index in [1.807, 2.05) is 72.8 Å². The molecule has 258 valence electrons. The number of anilines is 1. The molecule has 2 fully saturated rings. The van der Waals surface area contributed by atoms with Crippen molar-refractivity contribution in [2.24, 2.45) is 0 Å². The first-order chi connectivity index (χ1) is 25.5. The quantitative estimate of drug-likeness (QED) is 0.147. The fourth-order valence-corrected chi connectivity index (χ4v) is 8.24. The smallest absolute Gasteiger partial charge is 0.340 e. The lowest BCUT2D eigenvalue weighted by Crippen LogP contribution is -2.39. The second-order valence-electron chi connectivity index (χ2n) is 13.4. The van der Waals surface area contributed by atoms with Gasteiger partial charge in [-0.2, -0.15) is 0 Å². The minimum Gasteiger partial charge on any atom is -0.545 e. The number of hydrogen-bond donors (Lipinski definition) is 0. The summed E-state index contributed by atoms with van der Waals surface area (Å²) in [5.74, 6) is -0.108. The molecular formula is C42H32N2O8. The lowest BCUT2D eigenvalue weighted by molar-refractivity contribution is -0.254. The summed E-state index contributed by atoms with van der Waals surface area (Å²) in [5.41, 5.74) is 4.52. The minimum absolute atomic E-state index is 0.0517. The highest BCUT2D eigenvalue weighted by molar-refractivity contribution is 6.08. The summed E-state index contributed by atoms with van der Waals surface area (Å²) in [7, 11) is 0. The fourth-order valence-electron chi connectivity index (χ4n) is 8.24. The van der Waals surface area contributed by atoms with E-state index < -0.39 is 17.5 Å². The molecule has 1 spiro atoms. The minimum atomic E-state index is -1.34. The van der Waals surface area contributed by atoms with E-state index in [2.05, 4.69) is 9.48 Å². The van der Waals surface area contributed by atoms with Gasteiger partial charge >= 0.3 is 5.97 Å². The first-order valence-corrected chi connectivity index (χ1v) is 17.5. The molecule has 0 aromatic heterocycles. The average Bonchev–Trinajstić information content (AvgIpc) is 3.48. The van der Waals surface area contributed by atoms with Gasteiger partial charge in [-0.15, -0.1) is 0 Å². The molecule has 0 N–H and O–H groups in total. The zero-order chi connectivity index (χ0) is 35.0. The summed E-state index contributed by atoms with van der Waals surface area (Å²) < 4.78 is 33.4. The Hall–Kier alpha value is -5.97. The van der Waals surface area contributed by atoms with Crippen molar-refractivity contribution in [3.05, 3.63) is 130 Å². The van der Waals surface area contributed by atoms with Crippen molar-refractivity contribution in [3.8, 4) is 33.9 Å². The van der Waals surface area contributed by atoms with Crippen LogP contribution >= 0.6 is 0 Å². The van der Waals surface area contributed by atoms with Gasteiger partial charge in [0.05, 0.1) is 30.8 Å². The third-order valence-corrected chi connectivity index (χ3v) is 10.7. The second-order valence-corrected chi connectivity index (χ2v) is 13.4. The van der Waals surface area contributed by atoms with Crippen LogP contribution in [0.3, 0.4) is 0 Å². The second kappa shape index (κ2) is 11.8. The van der Waals surface area contributed by atoms with E-state index >= 15 is 0 Å². The molecule has 1 atom stereocenters. The number of carboxylic acids is 1. The molecule has 10 rings (SSSR count). The van der Waals surface area contributed by atoms with Gasteiger partial charge in [0.15, 0.2) is 18.7 Å². The molecular weight excluding hydrogens is 660 g/mol. The van der Waals surface area contributed by atoms with Crippen LogP contribution in [-0.4, -0.2) is 64.5 Å². The maximum Gasteiger partial charge on any atom is 0.340 e. The molecule has 0 radical (unpaired) electrons. The molecule has 0 amide bonds. The third kappa shape index (κ3) is 4.61. The molecule has 4 aromatic rings. The molecule has 10 nitrogen and oxygen atoms in total. The Morgan fingerprint density at radius 2 is 1.48 bits per heavy atom. The molecule has 0 unspecified atom stereocenters. The Bertz CT molecular complexity index is 2510. The number of rotatable bonds is 3. The van der Waals surface area contributed by atoms with Crippen LogP contribution in [0.25, 0.3) is 33.4 Å². The van der Waals surface area contributed by atoms with E-state index in [0.29, 0.717) is 88.0 Å². The Morgan fingerprint density at radius 1 is 0.731 bits per heavy atom. The molecule has 2 saturated heterocycles. The Balaban J connectivity index is 1.28. The van der Waals surface area contributed by atoms with E-state index in [-0.39, 0.29) is 5.56 Å². The van der Waals surface area contributed by atoms with E-state index in [9.17, 15) is 14.7 Å². The van der Waals surface area contributed by atoms with Gasteiger partial charge in [0.1, 0.15) is 36.1 Å². The van der Waals surface area contributed by atoms with Gasteiger partial charge in [-0.05, 0) is 35.9 Å². The number of carboxylic acid groups (broad SMARTS) is 1. The zero-order valence-corrected chi connectivity index (χ0v) is 28.1. The highest BCUT2D eigenvalue weighted by Gasteiger charge is 2.54. The van der Waals surface area contributed by atoms with Gasteiger partial charge in [0.25, 0.3) is 0 Å². The number of carbonyl (C=O) groups is 2. The summed E-state index contributed by atoms with van der Waals surface area (Å²) in [6.07, 6.45) is 0. The summed E-state index contributed by atoms with van der Waals surface area (Å²) in [6.45, 7) is 5.51. The number of morpholine rings is 2.